The predicted molar refractivity (Wildman–Crippen MR) is 132 cm³/mol. The number of amides is 2. The molecule has 2 amide bonds. The first-order valence-corrected chi connectivity index (χ1v) is 11.3. The molecule has 4 rings (SSSR count). The van der Waals surface area contributed by atoms with Crippen LogP contribution in [0.1, 0.15) is 24.0 Å². The molecule has 9 heteroatoms. The lowest BCUT2D eigenvalue weighted by atomic mass is 10.3. The van der Waals surface area contributed by atoms with Crippen molar-refractivity contribution >= 4 is 45.7 Å². The molecule has 2 aromatic carbocycles. The van der Waals surface area contributed by atoms with E-state index in [2.05, 4.69) is 15.4 Å². The van der Waals surface area contributed by atoms with Gasteiger partial charge in [0.2, 0.25) is 11.8 Å². The van der Waals surface area contributed by atoms with Crippen molar-refractivity contribution in [1.82, 2.24) is 14.8 Å². The number of halogens is 1. The van der Waals surface area contributed by atoms with Crippen molar-refractivity contribution in [2.24, 2.45) is 0 Å². The van der Waals surface area contributed by atoms with Crippen LogP contribution in [0, 0.1) is 19.7 Å². The number of hydrogen-bond donors (Lipinski definition) is 1. The number of thiazole rings is 1. The molecular formula is C25H22FN5O2S. The van der Waals surface area contributed by atoms with E-state index in [1.807, 2.05) is 44.2 Å². The van der Waals surface area contributed by atoms with Crippen LogP contribution in [0.25, 0.3) is 11.8 Å². The van der Waals surface area contributed by atoms with Gasteiger partial charge in [0.1, 0.15) is 5.82 Å². The second kappa shape index (κ2) is 9.80. The van der Waals surface area contributed by atoms with Crippen LogP contribution in [-0.2, 0) is 9.59 Å². The summed E-state index contributed by atoms with van der Waals surface area (Å²) in [6.07, 6.45) is 2.90. The molecule has 0 spiro atoms. The molecule has 1 N–H and O–H groups in total. The fraction of sp³-hybridized carbons (Fsp3) is 0.120. The lowest BCUT2D eigenvalue weighted by Crippen LogP contribution is -2.23. The Morgan fingerprint density at radius 2 is 1.79 bits per heavy atom. The molecule has 0 radical (unpaired) electrons. The van der Waals surface area contributed by atoms with E-state index < -0.39 is 5.82 Å². The summed E-state index contributed by atoms with van der Waals surface area (Å²) in [5.74, 6) is -1.23. The van der Waals surface area contributed by atoms with Gasteiger partial charge in [-0.25, -0.2) is 14.1 Å². The van der Waals surface area contributed by atoms with Crippen molar-refractivity contribution in [2.45, 2.75) is 20.8 Å². The van der Waals surface area contributed by atoms with Gasteiger partial charge in [0, 0.05) is 18.4 Å². The molecule has 0 saturated carbocycles. The maximum Gasteiger partial charge on any atom is 0.248 e. The molecule has 0 atom stereocenters. The Hall–Kier alpha value is -4.11. The van der Waals surface area contributed by atoms with Gasteiger partial charge in [0.25, 0.3) is 0 Å². The average Bonchev–Trinajstić information content (AvgIpc) is 3.39. The van der Waals surface area contributed by atoms with Crippen molar-refractivity contribution in [2.75, 3.05) is 10.2 Å². The zero-order valence-electron chi connectivity index (χ0n) is 18.8. The quantitative estimate of drug-likeness (QED) is 0.378. The second-order valence-corrected chi connectivity index (χ2v) is 8.31. The summed E-state index contributed by atoms with van der Waals surface area (Å²) >= 11 is 1.18. The van der Waals surface area contributed by atoms with Gasteiger partial charge in [-0.3, -0.25) is 14.5 Å². The first kappa shape index (κ1) is 23.1. The van der Waals surface area contributed by atoms with Crippen molar-refractivity contribution in [3.05, 3.63) is 89.0 Å². The SMILES string of the molecule is CC(=O)N(c1nc(/C=C/C(=O)Nc2c(C)nn(-c3ccccc3)c2C)cs1)c1ccccc1F. The number of aromatic nitrogens is 3. The molecule has 0 unspecified atom stereocenters. The highest BCUT2D eigenvalue weighted by Crippen LogP contribution is 2.31. The first-order valence-electron chi connectivity index (χ1n) is 10.5. The number of carbonyl (C=O) groups is 2. The van der Waals surface area contributed by atoms with Crippen LogP contribution in [0.3, 0.4) is 0 Å². The predicted octanol–water partition coefficient (Wildman–Crippen LogP) is 5.42. The van der Waals surface area contributed by atoms with E-state index >= 15 is 0 Å². The van der Waals surface area contributed by atoms with Crippen LogP contribution in [0.5, 0.6) is 0 Å². The highest BCUT2D eigenvalue weighted by atomic mass is 32.1. The van der Waals surface area contributed by atoms with Gasteiger partial charge in [0.15, 0.2) is 5.13 Å². The number of anilines is 3. The van der Waals surface area contributed by atoms with Crippen LogP contribution in [0.4, 0.5) is 20.9 Å². The molecule has 2 aromatic heterocycles. The monoisotopic (exact) mass is 475 g/mol. The Bertz CT molecular complexity index is 1380. The molecular weight excluding hydrogens is 453 g/mol. The number of nitrogens with one attached hydrogen (secondary N) is 1. The van der Waals surface area contributed by atoms with Gasteiger partial charge in [-0.15, -0.1) is 11.3 Å². The summed E-state index contributed by atoms with van der Waals surface area (Å²) in [7, 11) is 0. The maximum absolute atomic E-state index is 14.2. The number of rotatable bonds is 6. The third-order valence-corrected chi connectivity index (χ3v) is 5.90. The Labute approximate surface area is 200 Å². The summed E-state index contributed by atoms with van der Waals surface area (Å²) in [5.41, 5.74) is 3.65. The molecule has 0 aliphatic rings. The van der Waals surface area contributed by atoms with E-state index in [9.17, 15) is 14.0 Å². The van der Waals surface area contributed by atoms with Crippen LogP contribution in [0.2, 0.25) is 0 Å². The van der Waals surface area contributed by atoms with Crippen molar-refractivity contribution in [1.29, 1.82) is 0 Å². The zero-order chi connectivity index (χ0) is 24.2. The molecule has 0 fully saturated rings. The van der Waals surface area contributed by atoms with E-state index in [1.165, 1.54) is 41.4 Å². The molecule has 7 nitrogen and oxygen atoms in total. The smallest absolute Gasteiger partial charge is 0.248 e. The maximum atomic E-state index is 14.2. The van der Waals surface area contributed by atoms with Gasteiger partial charge >= 0.3 is 0 Å². The number of benzene rings is 2. The third-order valence-electron chi connectivity index (χ3n) is 5.06. The van der Waals surface area contributed by atoms with Crippen LogP contribution in [-0.4, -0.2) is 26.6 Å². The molecule has 0 saturated heterocycles. The highest BCUT2D eigenvalue weighted by molar-refractivity contribution is 7.14. The highest BCUT2D eigenvalue weighted by Gasteiger charge is 2.20. The van der Waals surface area contributed by atoms with E-state index in [0.29, 0.717) is 22.2 Å². The van der Waals surface area contributed by atoms with Crippen LogP contribution >= 0.6 is 11.3 Å². The zero-order valence-corrected chi connectivity index (χ0v) is 19.6. The minimum atomic E-state index is -0.522. The van der Waals surface area contributed by atoms with Gasteiger partial charge < -0.3 is 5.32 Å². The molecule has 34 heavy (non-hydrogen) atoms. The Morgan fingerprint density at radius 1 is 1.09 bits per heavy atom. The minimum absolute atomic E-state index is 0.124. The largest absolute Gasteiger partial charge is 0.319 e. The van der Waals surface area contributed by atoms with Crippen molar-refractivity contribution in [3.63, 3.8) is 0 Å². The normalized spacial score (nSPS) is 11.1. The van der Waals surface area contributed by atoms with Gasteiger partial charge in [-0.05, 0) is 44.2 Å². The van der Waals surface area contributed by atoms with Gasteiger partial charge in [-0.1, -0.05) is 30.3 Å². The summed E-state index contributed by atoms with van der Waals surface area (Å²) < 4.78 is 16.0. The Kier molecular flexibility index (Phi) is 6.65. The van der Waals surface area contributed by atoms with Crippen molar-refractivity contribution < 1.29 is 14.0 Å². The second-order valence-electron chi connectivity index (χ2n) is 7.48. The van der Waals surface area contributed by atoms with Gasteiger partial charge in [0.05, 0.1) is 34.1 Å². The summed E-state index contributed by atoms with van der Waals surface area (Å²) in [6, 6.07) is 15.7. The van der Waals surface area contributed by atoms with Crippen molar-refractivity contribution in [3.8, 4) is 5.69 Å². The minimum Gasteiger partial charge on any atom is -0.319 e. The molecule has 0 bridgehead atoms. The Morgan fingerprint density at radius 3 is 2.50 bits per heavy atom. The van der Waals surface area contributed by atoms with E-state index in [1.54, 1.807) is 28.3 Å². The molecule has 172 valence electrons. The van der Waals surface area contributed by atoms with E-state index in [4.69, 9.17) is 0 Å². The summed E-state index contributed by atoms with van der Waals surface area (Å²) in [5, 5.41) is 9.41. The number of para-hydroxylation sites is 2. The lowest BCUT2D eigenvalue weighted by Gasteiger charge is -2.18. The standard InChI is InChI=1S/C25H22FN5O2S/c1-16-24(17(2)31(29-16)20-9-5-4-6-10-20)28-23(33)14-13-19-15-34-25(27-19)30(18(3)32)22-12-8-7-11-21(22)26/h4-15H,1-3H3,(H,28,33)/b14-13+. The topological polar surface area (TPSA) is 80.1 Å². The van der Waals surface area contributed by atoms with Crippen LogP contribution in [0.15, 0.2) is 66.1 Å². The fourth-order valence-electron chi connectivity index (χ4n) is 3.47. The number of nitrogens with zero attached hydrogens (tertiary/aromatic N) is 4. The summed E-state index contributed by atoms with van der Waals surface area (Å²) in [6.45, 7) is 5.06. The molecule has 2 heterocycles. The van der Waals surface area contributed by atoms with E-state index in [0.717, 1.165) is 11.4 Å². The fourth-order valence-corrected chi connectivity index (χ4v) is 4.31. The third kappa shape index (κ3) is 4.79. The van der Waals surface area contributed by atoms with Gasteiger partial charge in [-0.2, -0.15) is 5.10 Å². The number of carbonyl (C=O) groups excluding carboxylic acids is 2. The average molecular weight is 476 g/mol. The summed E-state index contributed by atoms with van der Waals surface area (Å²) in [4.78, 5) is 30.3. The van der Waals surface area contributed by atoms with E-state index in [-0.39, 0.29) is 17.5 Å². The number of aryl methyl sites for hydroxylation is 1. The first-order chi connectivity index (χ1) is 16.3. The lowest BCUT2D eigenvalue weighted by molar-refractivity contribution is -0.116. The molecule has 0 aliphatic heterocycles. The van der Waals surface area contributed by atoms with Crippen LogP contribution < -0.4 is 10.2 Å². The number of hydrogen-bond acceptors (Lipinski definition) is 5. The molecule has 4 aromatic rings. The molecule has 0 aliphatic carbocycles. The Balaban J connectivity index is 1.50.